The normalized spacial score (nSPS) is 16.6. The predicted molar refractivity (Wildman–Crippen MR) is 120 cm³/mol. The molecule has 2 aromatic carbocycles. The van der Waals surface area contributed by atoms with Crippen LogP contribution in [0, 0.1) is 5.92 Å². The zero-order valence-electron chi connectivity index (χ0n) is 17.6. The highest BCUT2D eigenvalue weighted by Gasteiger charge is 2.27. The van der Waals surface area contributed by atoms with Gasteiger partial charge in [-0.3, -0.25) is 9.59 Å². The monoisotopic (exact) mass is 464 g/mol. The molecule has 8 nitrogen and oxygen atoms in total. The highest BCUT2D eigenvalue weighted by atomic mass is 32.2. The van der Waals surface area contributed by atoms with Crippen LogP contribution in [-0.4, -0.2) is 45.5 Å². The van der Waals surface area contributed by atoms with Crippen LogP contribution in [0.4, 0.5) is 11.4 Å². The molecule has 1 heterocycles. The van der Waals surface area contributed by atoms with E-state index in [2.05, 4.69) is 10.6 Å². The number of sulfone groups is 1. The molecule has 0 saturated heterocycles. The fraction of sp³-hybridized carbons (Fsp3) is 0.333. The summed E-state index contributed by atoms with van der Waals surface area (Å²) in [6.45, 7) is 3.33. The zero-order chi connectivity index (χ0) is 22.8. The second-order valence-corrected chi connectivity index (χ2v) is 10.6. The first-order valence-corrected chi connectivity index (χ1v) is 12.0. The quantitative estimate of drug-likeness (QED) is 0.647. The molecule has 0 bridgehead atoms. The average Bonchev–Trinajstić information content (AvgIpc) is 2.74. The van der Waals surface area contributed by atoms with Gasteiger partial charge in [0.2, 0.25) is 11.8 Å². The predicted octanol–water partition coefficient (Wildman–Crippen LogP) is 3.19. The van der Waals surface area contributed by atoms with E-state index in [1.54, 1.807) is 38.1 Å². The second kappa shape index (κ2) is 9.19. The number of benzene rings is 2. The first-order chi connectivity index (χ1) is 14.6. The number of rotatable bonds is 7. The molecule has 2 aromatic rings. The molecule has 0 radical (unpaired) electrons. The Morgan fingerprint density at radius 3 is 2.61 bits per heavy atom. The van der Waals surface area contributed by atoms with E-state index >= 15 is 0 Å². The SMILES string of the molecule is COc1ccc(NC(=O)[C@H](C)CS(=O)(=O)c2ccc3c(c2)NC(=O)[C@H](C)S3)c(OC)c1. The van der Waals surface area contributed by atoms with Crippen LogP contribution in [0.2, 0.25) is 0 Å². The standard InChI is InChI=1S/C21H24N2O6S2/c1-12(20(24)22-16-7-5-14(28-3)9-18(16)29-4)11-31(26,27)15-6-8-19-17(10-15)23-21(25)13(2)30-19/h5-10,12-13H,11H2,1-4H3,(H,22,24)(H,23,25)/t12-,13+/m1/s1. The first-order valence-electron chi connectivity index (χ1n) is 9.52. The Morgan fingerprint density at radius 2 is 1.94 bits per heavy atom. The van der Waals surface area contributed by atoms with E-state index in [4.69, 9.17) is 9.47 Å². The van der Waals surface area contributed by atoms with Gasteiger partial charge in [0, 0.05) is 16.9 Å². The number of carbonyl (C=O) groups excluding carboxylic acids is 2. The van der Waals surface area contributed by atoms with Gasteiger partial charge in [-0.1, -0.05) is 6.92 Å². The summed E-state index contributed by atoms with van der Waals surface area (Å²) in [7, 11) is -0.777. The minimum Gasteiger partial charge on any atom is -0.497 e. The number of ether oxygens (including phenoxy) is 2. The van der Waals surface area contributed by atoms with Crippen molar-refractivity contribution in [3.05, 3.63) is 36.4 Å². The van der Waals surface area contributed by atoms with Gasteiger partial charge in [0.15, 0.2) is 9.84 Å². The van der Waals surface area contributed by atoms with Crippen molar-refractivity contribution in [2.75, 3.05) is 30.6 Å². The maximum Gasteiger partial charge on any atom is 0.237 e. The molecule has 31 heavy (non-hydrogen) atoms. The number of anilines is 2. The van der Waals surface area contributed by atoms with E-state index < -0.39 is 21.7 Å². The van der Waals surface area contributed by atoms with Crippen molar-refractivity contribution in [3.8, 4) is 11.5 Å². The summed E-state index contributed by atoms with van der Waals surface area (Å²) in [6.07, 6.45) is 0. The van der Waals surface area contributed by atoms with Crippen molar-refractivity contribution in [1.29, 1.82) is 0 Å². The summed E-state index contributed by atoms with van der Waals surface area (Å²) in [5, 5.41) is 5.19. The van der Waals surface area contributed by atoms with Gasteiger partial charge in [0.25, 0.3) is 0 Å². The van der Waals surface area contributed by atoms with Crippen molar-refractivity contribution in [2.24, 2.45) is 5.92 Å². The van der Waals surface area contributed by atoms with Crippen LogP contribution in [0.15, 0.2) is 46.2 Å². The molecule has 0 unspecified atom stereocenters. The highest BCUT2D eigenvalue weighted by molar-refractivity contribution is 8.01. The van der Waals surface area contributed by atoms with Gasteiger partial charge < -0.3 is 20.1 Å². The minimum atomic E-state index is -3.76. The molecular weight excluding hydrogens is 440 g/mol. The molecule has 1 aliphatic heterocycles. The fourth-order valence-electron chi connectivity index (χ4n) is 3.04. The zero-order valence-corrected chi connectivity index (χ0v) is 19.2. The lowest BCUT2D eigenvalue weighted by molar-refractivity contribution is -0.119. The molecule has 2 atom stereocenters. The molecule has 0 aliphatic carbocycles. The Kier molecular flexibility index (Phi) is 6.80. The van der Waals surface area contributed by atoms with Crippen molar-refractivity contribution in [2.45, 2.75) is 28.9 Å². The van der Waals surface area contributed by atoms with Crippen molar-refractivity contribution < 1.29 is 27.5 Å². The van der Waals surface area contributed by atoms with Gasteiger partial charge in [0.1, 0.15) is 11.5 Å². The number of hydrogen-bond acceptors (Lipinski definition) is 7. The van der Waals surface area contributed by atoms with Crippen LogP contribution in [0.1, 0.15) is 13.8 Å². The molecule has 10 heteroatoms. The summed E-state index contributed by atoms with van der Waals surface area (Å²) in [5.74, 6) is -0.863. The summed E-state index contributed by atoms with van der Waals surface area (Å²) >= 11 is 1.37. The smallest absolute Gasteiger partial charge is 0.237 e. The molecule has 0 fully saturated rings. The van der Waals surface area contributed by atoms with Crippen LogP contribution in [0.5, 0.6) is 11.5 Å². The second-order valence-electron chi connectivity index (χ2n) is 7.15. The third-order valence-corrected chi connectivity index (χ3v) is 7.91. The molecule has 166 valence electrons. The first kappa shape index (κ1) is 23.0. The van der Waals surface area contributed by atoms with Gasteiger partial charge in [-0.05, 0) is 37.3 Å². The lowest BCUT2D eigenvalue weighted by Gasteiger charge is -2.22. The number of methoxy groups -OCH3 is 2. The van der Waals surface area contributed by atoms with Crippen molar-refractivity contribution >= 4 is 44.8 Å². The topological polar surface area (TPSA) is 111 Å². The van der Waals surface area contributed by atoms with Crippen LogP contribution in [0.3, 0.4) is 0 Å². The number of amides is 2. The number of thioether (sulfide) groups is 1. The Labute approximate surface area is 185 Å². The third kappa shape index (κ3) is 5.13. The van der Waals surface area contributed by atoms with Gasteiger partial charge in [-0.15, -0.1) is 11.8 Å². The number of hydrogen-bond donors (Lipinski definition) is 2. The van der Waals surface area contributed by atoms with E-state index in [0.717, 1.165) is 4.90 Å². The molecule has 0 aromatic heterocycles. The summed E-state index contributed by atoms with van der Waals surface area (Å²) in [5.41, 5.74) is 0.884. The Hall–Kier alpha value is -2.72. The summed E-state index contributed by atoms with van der Waals surface area (Å²) in [6, 6.07) is 9.54. The largest absolute Gasteiger partial charge is 0.497 e. The molecule has 3 rings (SSSR count). The number of carbonyl (C=O) groups is 2. The number of nitrogens with one attached hydrogen (secondary N) is 2. The average molecular weight is 465 g/mol. The van der Waals surface area contributed by atoms with Gasteiger partial charge in [0.05, 0.1) is 41.5 Å². The van der Waals surface area contributed by atoms with Crippen molar-refractivity contribution in [1.82, 2.24) is 0 Å². The fourth-order valence-corrected chi connectivity index (χ4v) is 5.55. The van der Waals surface area contributed by atoms with Crippen LogP contribution in [0.25, 0.3) is 0 Å². The molecule has 2 N–H and O–H groups in total. The Morgan fingerprint density at radius 1 is 1.19 bits per heavy atom. The Balaban J connectivity index is 1.74. The van der Waals surface area contributed by atoms with E-state index in [9.17, 15) is 18.0 Å². The highest BCUT2D eigenvalue weighted by Crippen LogP contribution is 2.37. The van der Waals surface area contributed by atoms with Crippen LogP contribution < -0.4 is 20.1 Å². The van der Waals surface area contributed by atoms with Gasteiger partial charge in [-0.25, -0.2) is 8.42 Å². The number of fused-ring (bicyclic) bond motifs is 1. The molecular formula is C21H24N2O6S2. The lowest BCUT2D eigenvalue weighted by atomic mass is 10.2. The molecule has 1 aliphatic rings. The minimum absolute atomic E-state index is 0.0587. The van der Waals surface area contributed by atoms with Crippen molar-refractivity contribution in [3.63, 3.8) is 0 Å². The van der Waals surface area contributed by atoms with Gasteiger partial charge in [-0.2, -0.15) is 0 Å². The maximum atomic E-state index is 12.9. The van der Waals surface area contributed by atoms with E-state index in [1.165, 1.54) is 38.1 Å². The third-order valence-electron chi connectivity index (χ3n) is 4.82. The molecule has 0 saturated carbocycles. The maximum absolute atomic E-state index is 12.9. The summed E-state index contributed by atoms with van der Waals surface area (Å²) in [4.78, 5) is 25.4. The van der Waals surface area contributed by atoms with Gasteiger partial charge >= 0.3 is 0 Å². The van der Waals surface area contributed by atoms with Crippen LogP contribution >= 0.6 is 11.8 Å². The molecule has 2 amide bonds. The van der Waals surface area contributed by atoms with Crippen LogP contribution in [-0.2, 0) is 19.4 Å². The van der Waals surface area contributed by atoms with E-state index in [-0.39, 0.29) is 21.8 Å². The van der Waals surface area contributed by atoms with E-state index in [1.807, 2.05) is 0 Å². The Bertz CT molecular complexity index is 1120. The molecule has 0 spiro atoms. The lowest BCUT2D eigenvalue weighted by Crippen LogP contribution is -2.28. The summed E-state index contributed by atoms with van der Waals surface area (Å²) < 4.78 is 36.2. The van der Waals surface area contributed by atoms with E-state index in [0.29, 0.717) is 22.9 Å².